The third-order valence-corrected chi connectivity index (χ3v) is 2.33. The molecular weight excluding hydrogens is 190 g/mol. The highest BCUT2D eigenvalue weighted by Gasteiger charge is 2.03. The Bertz CT molecular complexity index is 312. The van der Waals surface area contributed by atoms with Gasteiger partial charge in [0, 0.05) is 19.3 Å². The Morgan fingerprint density at radius 3 is 2.67 bits per heavy atom. The lowest BCUT2D eigenvalue weighted by Crippen LogP contribution is -2.21. The summed E-state index contributed by atoms with van der Waals surface area (Å²) in [6.45, 7) is 5.51. The van der Waals surface area contributed by atoms with Crippen molar-refractivity contribution in [3.63, 3.8) is 0 Å². The molecule has 3 heteroatoms. The van der Waals surface area contributed by atoms with Gasteiger partial charge in [-0.15, -0.1) is 0 Å². The Hall–Kier alpha value is -1.22. The standard InChI is InChI=1S/C12H19NO2/c1-4-15-12-6-5-11(9-10(12)2)13(3)7-8-14/h5-6,9,14H,4,7-8H2,1-3H3. The number of hydrogen-bond donors (Lipinski definition) is 1. The molecule has 0 aliphatic rings. The lowest BCUT2D eigenvalue weighted by Gasteiger charge is -2.19. The van der Waals surface area contributed by atoms with Crippen molar-refractivity contribution in [1.82, 2.24) is 0 Å². The number of rotatable bonds is 5. The van der Waals surface area contributed by atoms with E-state index in [0.717, 1.165) is 17.0 Å². The molecule has 0 unspecified atom stereocenters. The van der Waals surface area contributed by atoms with Crippen LogP contribution in [0.3, 0.4) is 0 Å². The predicted molar refractivity (Wildman–Crippen MR) is 62.7 cm³/mol. The molecule has 0 aliphatic heterocycles. The highest BCUT2D eigenvalue weighted by molar-refractivity contribution is 5.52. The Kier molecular flexibility index (Phi) is 4.43. The van der Waals surface area contributed by atoms with Crippen LogP contribution in [0.1, 0.15) is 12.5 Å². The van der Waals surface area contributed by atoms with Crippen LogP contribution in [0.2, 0.25) is 0 Å². The number of benzene rings is 1. The van der Waals surface area contributed by atoms with E-state index >= 15 is 0 Å². The normalized spacial score (nSPS) is 10.1. The first-order valence-electron chi connectivity index (χ1n) is 5.24. The number of hydrogen-bond acceptors (Lipinski definition) is 3. The molecule has 1 aromatic carbocycles. The molecule has 0 atom stereocenters. The number of aryl methyl sites for hydroxylation is 1. The number of nitrogens with zero attached hydrogens (tertiary/aromatic N) is 1. The van der Waals surface area contributed by atoms with Crippen molar-refractivity contribution in [1.29, 1.82) is 0 Å². The van der Waals surface area contributed by atoms with Crippen molar-refractivity contribution in [2.24, 2.45) is 0 Å². The summed E-state index contributed by atoms with van der Waals surface area (Å²) in [4.78, 5) is 2.02. The first-order valence-corrected chi connectivity index (χ1v) is 5.24. The average molecular weight is 209 g/mol. The maximum atomic E-state index is 8.84. The van der Waals surface area contributed by atoms with Crippen LogP contribution in [0.5, 0.6) is 5.75 Å². The van der Waals surface area contributed by atoms with E-state index in [9.17, 15) is 0 Å². The molecule has 1 N–H and O–H groups in total. The Labute approximate surface area is 91.3 Å². The maximum Gasteiger partial charge on any atom is 0.122 e. The van der Waals surface area contributed by atoms with Crippen LogP contribution in [0.4, 0.5) is 5.69 Å². The van der Waals surface area contributed by atoms with Crippen LogP contribution in [0, 0.1) is 6.92 Å². The van der Waals surface area contributed by atoms with E-state index in [4.69, 9.17) is 9.84 Å². The lowest BCUT2D eigenvalue weighted by atomic mass is 10.2. The zero-order valence-corrected chi connectivity index (χ0v) is 9.66. The molecular formula is C12H19NO2. The highest BCUT2D eigenvalue weighted by Crippen LogP contribution is 2.23. The van der Waals surface area contributed by atoms with Crippen molar-refractivity contribution in [3.8, 4) is 5.75 Å². The lowest BCUT2D eigenvalue weighted by molar-refractivity contribution is 0.304. The maximum absolute atomic E-state index is 8.84. The zero-order valence-electron chi connectivity index (χ0n) is 9.66. The van der Waals surface area contributed by atoms with Gasteiger partial charge in [-0.25, -0.2) is 0 Å². The second-order valence-corrected chi connectivity index (χ2v) is 3.53. The van der Waals surface area contributed by atoms with Crippen LogP contribution < -0.4 is 9.64 Å². The van der Waals surface area contributed by atoms with E-state index in [1.54, 1.807) is 0 Å². The monoisotopic (exact) mass is 209 g/mol. The number of aliphatic hydroxyl groups is 1. The quantitative estimate of drug-likeness (QED) is 0.803. The summed E-state index contributed by atoms with van der Waals surface area (Å²) in [6, 6.07) is 6.05. The van der Waals surface area contributed by atoms with Crippen LogP contribution in [0.15, 0.2) is 18.2 Å². The first kappa shape index (κ1) is 11.9. The second kappa shape index (κ2) is 5.61. The molecule has 0 spiro atoms. The van der Waals surface area contributed by atoms with Gasteiger partial charge in [0.05, 0.1) is 13.2 Å². The van der Waals surface area contributed by atoms with E-state index in [1.165, 1.54) is 0 Å². The average Bonchev–Trinajstić information content (AvgIpc) is 2.21. The highest BCUT2D eigenvalue weighted by atomic mass is 16.5. The minimum absolute atomic E-state index is 0.169. The molecule has 3 nitrogen and oxygen atoms in total. The Morgan fingerprint density at radius 2 is 2.13 bits per heavy atom. The van der Waals surface area contributed by atoms with E-state index < -0.39 is 0 Å². The fraction of sp³-hybridized carbons (Fsp3) is 0.500. The van der Waals surface area contributed by atoms with Crippen molar-refractivity contribution in [2.75, 3.05) is 31.7 Å². The number of ether oxygens (including phenoxy) is 1. The fourth-order valence-corrected chi connectivity index (χ4v) is 1.47. The van der Waals surface area contributed by atoms with E-state index in [-0.39, 0.29) is 6.61 Å². The summed E-state index contributed by atoms with van der Waals surface area (Å²) in [7, 11) is 1.96. The van der Waals surface area contributed by atoms with Gasteiger partial charge < -0.3 is 14.7 Å². The minimum atomic E-state index is 0.169. The minimum Gasteiger partial charge on any atom is -0.494 e. The second-order valence-electron chi connectivity index (χ2n) is 3.53. The fourth-order valence-electron chi connectivity index (χ4n) is 1.47. The first-order chi connectivity index (χ1) is 7.19. The number of anilines is 1. The number of aliphatic hydroxyl groups excluding tert-OH is 1. The van der Waals surface area contributed by atoms with Crippen LogP contribution in [0.25, 0.3) is 0 Å². The topological polar surface area (TPSA) is 32.7 Å². The summed E-state index contributed by atoms with van der Waals surface area (Å²) in [5.41, 5.74) is 2.23. The van der Waals surface area contributed by atoms with E-state index in [2.05, 4.69) is 6.07 Å². The molecule has 15 heavy (non-hydrogen) atoms. The molecule has 84 valence electrons. The molecule has 0 radical (unpaired) electrons. The van der Waals surface area contributed by atoms with Crippen molar-refractivity contribution in [3.05, 3.63) is 23.8 Å². The molecule has 0 aliphatic carbocycles. The van der Waals surface area contributed by atoms with Gasteiger partial charge in [0.1, 0.15) is 5.75 Å². The van der Waals surface area contributed by atoms with Crippen molar-refractivity contribution < 1.29 is 9.84 Å². The molecule has 0 amide bonds. The summed E-state index contributed by atoms with van der Waals surface area (Å²) < 4.78 is 5.46. The summed E-state index contributed by atoms with van der Waals surface area (Å²) >= 11 is 0. The molecule has 0 saturated carbocycles. The van der Waals surface area contributed by atoms with Gasteiger partial charge in [0.15, 0.2) is 0 Å². The molecule has 0 heterocycles. The van der Waals surface area contributed by atoms with Gasteiger partial charge in [-0.1, -0.05) is 0 Å². The van der Waals surface area contributed by atoms with Crippen LogP contribution >= 0.6 is 0 Å². The van der Waals surface area contributed by atoms with Gasteiger partial charge in [0.25, 0.3) is 0 Å². The SMILES string of the molecule is CCOc1ccc(N(C)CCO)cc1C. The van der Waals surface area contributed by atoms with Crippen LogP contribution in [-0.4, -0.2) is 31.9 Å². The van der Waals surface area contributed by atoms with Gasteiger partial charge in [-0.05, 0) is 37.6 Å². The van der Waals surface area contributed by atoms with Gasteiger partial charge in [-0.2, -0.15) is 0 Å². The Balaban J connectivity index is 2.81. The van der Waals surface area contributed by atoms with E-state index in [0.29, 0.717) is 13.2 Å². The van der Waals surface area contributed by atoms with Gasteiger partial charge >= 0.3 is 0 Å². The third-order valence-electron chi connectivity index (χ3n) is 2.33. The van der Waals surface area contributed by atoms with E-state index in [1.807, 2.05) is 37.9 Å². The smallest absolute Gasteiger partial charge is 0.122 e. The third kappa shape index (κ3) is 3.13. The van der Waals surface area contributed by atoms with Crippen LogP contribution in [-0.2, 0) is 0 Å². The summed E-state index contributed by atoms with van der Waals surface area (Å²) in [5, 5.41) is 8.84. The summed E-state index contributed by atoms with van der Waals surface area (Å²) in [6.07, 6.45) is 0. The van der Waals surface area contributed by atoms with Crippen molar-refractivity contribution >= 4 is 5.69 Å². The van der Waals surface area contributed by atoms with Gasteiger partial charge in [-0.3, -0.25) is 0 Å². The largest absolute Gasteiger partial charge is 0.494 e. The zero-order chi connectivity index (χ0) is 11.3. The Morgan fingerprint density at radius 1 is 1.40 bits per heavy atom. The summed E-state index contributed by atoms with van der Waals surface area (Å²) in [5.74, 6) is 0.929. The molecule has 0 bridgehead atoms. The number of likely N-dealkylation sites (N-methyl/N-ethyl adjacent to an activating group) is 1. The predicted octanol–water partition coefficient (Wildman–Crippen LogP) is 1.82. The van der Waals surface area contributed by atoms with Crippen molar-refractivity contribution in [2.45, 2.75) is 13.8 Å². The molecule has 0 aromatic heterocycles. The molecule has 1 aromatic rings. The molecule has 0 saturated heterocycles. The molecule has 0 fully saturated rings. The molecule has 1 rings (SSSR count). The van der Waals surface area contributed by atoms with Gasteiger partial charge in [0.2, 0.25) is 0 Å².